The minimum Gasteiger partial charge on any atom is -0.493 e. The van der Waals surface area contributed by atoms with Crippen LogP contribution in [0.2, 0.25) is 0 Å². The zero-order valence-corrected chi connectivity index (χ0v) is 23.1. The Balaban J connectivity index is 0.000000366. The molecule has 2 aromatic rings. The number of methoxy groups -OCH3 is 1. The van der Waals surface area contributed by atoms with Crippen molar-refractivity contribution in [1.82, 2.24) is 4.90 Å². The average Bonchev–Trinajstić information content (AvgIpc) is 2.89. The highest BCUT2D eigenvalue weighted by Crippen LogP contribution is 2.36. The topological polar surface area (TPSA) is 174 Å². The number of aliphatic carboxylic acids is 3. The number of nitrogens with zero attached hydrogens (tertiary/aromatic N) is 1. The fraction of sp³-hybridized carbons (Fsp3) is 0.483. The number of para-hydroxylation sites is 1. The second kappa shape index (κ2) is 14.6. The van der Waals surface area contributed by atoms with Crippen LogP contribution in [0.4, 0.5) is 0 Å². The van der Waals surface area contributed by atoms with Gasteiger partial charge in [0.1, 0.15) is 0 Å². The van der Waals surface area contributed by atoms with E-state index in [-0.39, 0.29) is 0 Å². The molecule has 40 heavy (non-hydrogen) atoms. The van der Waals surface area contributed by atoms with Crippen LogP contribution in [0.25, 0.3) is 0 Å². The summed E-state index contributed by atoms with van der Waals surface area (Å²) in [6.07, 6.45) is 0.157. The second-order valence-electron chi connectivity index (χ2n) is 9.95. The van der Waals surface area contributed by atoms with Crippen molar-refractivity contribution in [3.8, 4) is 11.5 Å². The van der Waals surface area contributed by atoms with Gasteiger partial charge in [0.25, 0.3) is 0 Å². The van der Waals surface area contributed by atoms with E-state index in [0.717, 1.165) is 61.5 Å². The number of hydrogen-bond acceptors (Lipinski definition) is 8. The lowest BCUT2D eigenvalue weighted by molar-refractivity contribution is -0.170. The number of carbonyl (C=O) groups is 3. The first-order chi connectivity index (χ1) is 18.8. The summed E-state index contributed by atoms with van der Waals surface area (Å²) in [7, 11) is 1.68. The lowest BCUT2D eigenvalue weighted by Crippen LogP contribution is -2.42. The fourth-order valence-electron chi connectivity index (χ4n) is 4.40. The molecular weight excluding hydrogens is 522 g/mol. The van der Waals surface area contributed by atoms with Gasteiger partial charge in [0.15, 0.2) is 17.1 Å². The van der Waals surface area contributed by atoms with E-state index in [2.05, 4.69) is 49.1 Å². The summed E-state index contributed by atoms with van der Waals surface area (Å²) in [5, 5.41) is 44.9. The van der Waals surface area contributed by atoms with Crippen LogP contribution in [0, 0.1) is 6.92 Å². The molecule has 1 saturated heterocycles. The molecule has 11 nitrogen and oxygen atoms in total. The summed E-state index contributed by atoms with van der Waals surface area (Å²) in [5.74, 6) is -3.38. The van der Waals surface area contributed by atoms with Crippen LogP contribution in [0.15, 0.2) is 42.5 Å². The van der Waals surface area contributed by atoms with Gasteiger partial charge in [-0.1, -0.05) is 48.9 Å². The Labute approximate surface area is 233 Å². The van der Waals surface area contributed by atoms with Gasteiger partial charge in [0.05, 0.1) is 32.2 Å². The van der Waals surface area contributed by atoms with Crippen LogP contribution >= 0.6 is 0 Å². The lowest BCUT2D eigenvalue weighted by Gasteiger charge is -2.38. The van der Waals surface area contributed by atoms with E-state index in [4.69, 9.17) is 29.9 Å². The quantitative estimate of drug-likeness (QED) is 0.258. The number of likely N-dealkylation sites (tertiary alicyclic amines) is 1. The minimum atomic E-state index is -2.74. The molecule has 0 saturated carbocycles. The molecule has 1 aliphatic heterocycles. The third-order valence-corrected chi connectivity index (χ3v) is 6.68. The van der Waals surface area contributed by atoms with Gasteiger partial charge >= 0.3 is 17.9 Å². The highest BCUT2D eigenvalue weighted by Gasteiger charge is 2.40. The van der Waals surface area contributed by atoms with E-state index < -0.39 is 42.0 Å². The number of aryl methyl sites for hydroxylation is 1. The van der Waals surface area contributed by atoms with Crippen molar-refractivity contribution in [2.75, 3.05) is 26.8 Å². The summed E-state index contributed by atoms with van der Waals surface area (Å²) >= 11 is 0. The van der Waals surface area contributed by atoms with E-state index >= 15 is 0 Å². The molecule has 0 radical (unpaired) electrons. The molecule has 1 aliphatic rings. The number of benzene rings is 2. The maximum atomic E-state index is 11.1. The number of carboxylic acids is 3. The number of rotatable bonds is 12. The van der Waals surface area contributed by atoms with Crippen molar-refractivity contribution in [3.05, 3.63) is 59.2 Å². The molecule has 1 heterocycles. The van der Waals surface area contributed by atoms with Crippen molar-refractivity contribution in [3.63, 3.8) is 0 Å². The van der Waals surface area contributed by atoms with Crippen molar-refractivity contribution in [2.45, 2.75) is 63.7 Å². The standard InChI is InChI=1S/C23H31NO3.C6H8O7/c1-4-16-27-22-19(6-5-7-21(22)26-3)17-24-14-12-23(25,13-15-24)20-10-8-18(2)9-11-20;7-3(8)1-6(13,5(11)12)2-4(9)10/h5-11,25H,4,12-17H2,1-3H3;13H,1-2H2,(H,7,8)(H,9,10)(H,11,12). The summed E-state index contributed by atoms with van der Waals surface area (Å²) in [6.45, 7) is 7.37. The highest BCUT2D eigenvalue weighted by atomic mass is 16.5. The molecule has 2 aromatic carbocycles. The molecule has 5 N–H and O–H groups in total. The molecule has 1 fully saturated rings. The number of ether oxygens (including phenoxy) is 2. The number of aliphatic hydroxyl groups is 2. The molecule has 0 atom stereocenters. The molecule has 0 spiro atoms. The fourth-order valence-corrected chi connectivity index (χ4v) is 4.40. The Morgan fingerprint density at radius 1 is 0.975 bits per heavy atom. The maximum Gasteiger partial charge on any atom is 0.336 e. The zero-order valence-electron chi connectivity index (χ0n) is 23.1. The summed E-state index contributed by atoms with van der Waals surface area (Å²) in [4.78, 5) is 32.9. The first-order valence-electron chi connectivity index (χ1n) is 13.0. The first kappa shape index (κ1) is 32.5. The molecule has 0 unspecified atom stereocenters. The molecule has 0 aromatic heterocycles. The SMILES string of the molecule is CCCOc1c(CN2CCC(O)(c3ccc(C)cc3)CC2)cccc1OC.O=C(O)CC(O)(CC(=O)O)C(=O)O. The van der Waals surface area contributed by atoms with E-state index in [9.17, 15) is 19.5 Å². The van der Waals surface area contributed by atoms with Crippen molar-refractivity contribution >= 4 is 17.9 Å². The normalized spacial score (nSPS) is 14.9. The van der Waals surface area contributed by atoms with Gasteiger partial charge in [-0.05, 0) is 37.8 Å². The Morgan fingerprint density at radius 2 is 1.55 bits per heavy atom. The maximum absolute atomic E-state index is 11.1. The van der Waals surface area contributed by atoms with Gasteiger partial charge in [-0.25, -0.2) is 4.79 Å². The third kappa shape index (κ3) is 9.22. The van der Waals surface area contributed by atoms with Gasteiger partial charge in [-0.3, -0.25) is 14.5 Å². The van der Waals surface area contributed by atoms with E-state index in [1.807, 2.05) is 12.1 Å². The van der Waals surface area contributed by atoms with Crippen LogP contribution in [0.3, 0.4) is 0 Å². The van der Waals surface area contributed by atoms with Crippen LogP contribution in [-0.2, 0) is 26.5 Å². The predicted octanol–water partition coefficient (Wildman–Crippen LogP) is 3.03. The third-order valence-electron chi connectivity index (χ3n) is 6.68. The van der Waals surface area contributed by atoms with Gasteiger partial charge < -0.3 is 35.0 Å². The van der Waals surface area contributed by atoms with Gasteiger partial charge in [0, 0.05) is 25.2 Å². The Bertz CT molecular complexity index is 1120. The molecule has 3 rings (SSSR count). The summed E-state index contributed by atoms with van der Waals surface area (Å²) in [5.41, 5.74) is -0.0697. The molecule has 220 valence electrons. The monoisotopic (exact) mass is 561 g/mol. The van der Waals surface area contributed by atoms with Crippen LogP contribution < -0.4 is 9.47 Å². The predicted molar refractivity (Wildman–Crippen MR) is 145 cm³/mol. The second-order valence-corrected chi connectivity index (χ2v) is 9.95. The van der Waals surface area contributed by atoms with Crippen LogP contribution in [0.5, 0.6) is 11.5 Å². The molecule has 0 aliphatic carbocycles. The lowest BCUT2D eigenvalue weighted by atomic mass is 9.84. The largest absolute Gasteiger partial charge is 0.493 e. The molecule has 0 amide bonds. The summed E-state index contributed by atoms with van der Waals surface area (Å²) in [6, 6.07) is 14.3. The number of piperidine rings is 1. The van der Waals surface area contributed by atoms with Crippen LogP contribution in [-0.4, -0.2) is 80.7 Å². The molecule has 11 heteroatoms. The van der Waals surface area contributed by atoms with Crippen molar-refractivity contribution in [1.29, 1.82) is 0 Å². The Kier molecular flexibility index (Phi) is 11.9. The molecule has 0 bridgehead atoms. The van der Waals surface area contributed by atoms with Gasteiger partial charge in [0.2, 0.25) is 0 Å². The zero-order chi connectivity index (χ0) is 29.9. The van der Waals surface area contributed by atoms with E-state index in [0.29, 0.717) is 6.61 Å². The van der Waals surface area contributed by atoms with Gasteiger partial charge in [-0.15, -0.1) is 0 Å². The van der Waals surface area contributed by atoms with E-state index in [1.165, 1.54) is 5.56 Å². The highest BCUT2D eigenvalue weighted by molar-refractivity contribution is 5.88. The Morgan fingerprint density at radius 3 is 2.02 bits per heavy atom. The minimum absolute atomic E-state index is 0.681. The summed E-state index contributed by atoms with van der Waals surface area (Å²) < 4.78 is 11.5. The van der Waals surface area contributed by atoms with Gasteiger partial charge in [-0.2, -0.15) is 0 Å². The molecular formula is C29H39NO10. The number of hydrogen-bond donors (Lipinski definition) is 5. The van der Waals surface area contributed by atoms with Crippen molar-refractivity contribution < 1.29 is 49.4 Å². The Hall–Kier alpha value is -3.67. The number of carboxylic acid groups (broad SMARTS) is 3. The van der Waals surface area contributed by atoms with E-state index in [1.54, 1.807) is 7.11 Å². The smallest absolute Gasteiger partial charge is 0.336 e. The average molecular weight is 562 g/mol. The first-order valence-corrected chi connectivity index (χ1v) is 13.0. The van der Waals surface area contributed by atoms with Crippen LogP contribution in [0.1, 0.15) is 55.7 Å². The van der Waals surface area contributed by atoms with Crippen molar-refractivity contribution in [2.24, 2.45) is 0 Å².